The van der Waals surface area contributed by atoms with Gasteiger partial charge in [0, 0.05) is 5.56 Å². The Hall–Kier alpha value is -1.56. The second-order valence-electron chi connectivity index (χ2n) is 4.01. The molecule has 1 nitrogen and oxygen atoms in total. The van der Waals surface area contributed by atoms with Gasteiger partial charge in [-0.1, -0.05) is 12.1 Å². The first-order chi connectivity index (χ1) is 9.34. The summed E-state index contributed by atoms with van der Waals surface area (Å²) in [5, 5.41) is 0. The molecule has 0 aliphatic carbocycles. The number of hydrogen-bond donors (Lipinski definition) is 0. The smallest absolute Gasteiger partial charge is 0.416 e. The molecule has 0 aromatic heterocycles. The number of benzene rings is 2. The number of rotatable bonds is 2. The summed E-state index contributed by atoms with van der Waals surface area (Å²) in [6.07, 6.45) is -4.41. The van der Waals surface area contributed by atoms with Gasteiger partial charge in [0.05, 0.1) is 17.1 Å². The fourth-order valence-corrected chi connectivity index (χ4v) is 2.49. The van der Waals surface area contributed by atoms with Crippen molar-refractivity contribution in [1.82, 2.24) is 0 Å². The van der Waals surface area contributed by atoms with E-state index in [1.54, 1.807) is 0 Å². The lowest BCUT2D eigenvalue weighted by molar-refractivity contribution is -0.137. The second kappa shape index (κ2) is 5.44. The number of hydrogen-bond acceptors (Lipinski definition) is 1. The van der Waals surface area contributed by atoms with Crippen LogP contribution >= 0.6 is 15.9 Å². The summed E-state index contributed by atoms with van der Waals surface area (Å²) in [6, 6.07) is 6.93. The minimum absolute atomic E-state index is 0.165. The van der Waals surface area contributed by atoms with E-state index in [-0.39, 0.29) is 5.56 Å². The summed E-state index contributed by atoms with van der Waals surface area (Å²) < 4.78 is 56.8. The first kappa shape index (κ1) is 14.8. The highest BCUT2D eigenvalue weighted by atomic mass is 79.9. The van der Waals surface area contributed by atoms with E-state index in [4.69, 9.17) is 4.74 Å². The number of alkyl halides is 3. The van der Waals surface area contributed by atoms with Gasteiger partial charge >= 0.3 is 6.18 Å². The molecule has 6 heteroatoms. The number of halogens is 5. The molecule has 20 heavy (non-hydrogen) atoms. The fraction of sp³-hybridized carbons (Fsp3) is 0.143. The predicted octanol–water partition coefficient (Wildman–Crippen LogP) is 5.28. The summed E-state index contributed by atoms with van der Waals surface area (Å²) in [6.45, 7) is 0. The van der Waals surface area contributed by atoms with Crippen LogP contribution in [0.25, 0.3) is 11.1 Å². The van der Waals surface area contributed by atoms with Gasteiger partial charge in [0.2, 0.25) is 0 Å². The topological polar surface area (TPSA) is 9.23 Å². The molecule has 0 aliphatic heterocycles. The zero-order valence-electron chi connectivity index (χ0n) is 10.3. The van der Waals surface area contributed by atoms with Crippen LogP contribution in [0.2, 0.25) is 0 Å². The Labute approximate surface area is 121 Å². The molecule has 0 bridgehead atoms. The Kier molecular flexibility index (Phi) is 4.04. The van der Waals surface area contributed by atoms with Crippen molar-refractivity contribution in [3.05, 3.63) is 52.3 Å². The molecule has 0 N–H and O–H groups in total. The Morgan fingerprint density at radius 3 is 2.10 bits per heavy atom. The molecule has 0 fully saturated rings. The first-order valence-corrected chi connectivity index (χ1v) is 6.33. The third-order valence-electron chi connectivity index (χ3n) is 2.78. The quantitative estimate of drug-likeness (QED) is 0.670. The molecule has 106 valence electrons. The maximum Gasteiger partial charge on any atom is 0.416 e. The summed E-state index contributed by atoms with van der Waals surface area (Å²) in [5.74, 6) is -0.140. The van der Waals surface area contributed by atoms with Crippen molar-refractivity contribution in [2.24, 2.45) is 0 Å². The van der Waals surface area contributed by atoms with Crippen molar-refractivity contribution in [2.45, 2.75) is 6.18 Å². The third-order valence-corrected chi connectivity index (χ3v) is 3.56. The van der Waals surface area contributed by atoms with Gasteiger partial charge in [-0.2, -0.15) is 13.2 Å². The normalized spacial score (nSPS) is 11.5. The molecule has 2 aromatic carbocycles. The zero-order valence-corrected chi connectivity index (χ0v) is 11.8. The highest BCUT2D eigenvalue weighted by Gasteiger charge is 2.30. The van der Waals surface area contributed by atoms with Gasteiger partial charge in [0.15, 0.2) is 0 Å². The van der Waals surface area contributed by atoms with Gasteiger partial charge in [-0.3, -0.25) is 0 Å². The third kappa shape index (κ3) is 2.80. The molecule has 0 saturated heterocycles. The van der Waals surface area contributed by atoms with Crippen LogP contribution < -0.4 is 4.74 Å². The fourth-order valence-electron chi connectivity index (χ4n) is 1.78. The van der Waals surface area contributed by atoms with Crippen LogP contribution in [0.3, 0.4) is 0 Å². The van der Waals surface area contributed by atoms with Crippen LogP contribution in [-0.4, -0.2) is 7.11 Å². The molecule has 0 amide bonds. The molecule has 0 atom stereocenters. The van der Waals surface area contributed by atoms with Gasteiger partial charge in [0.25, 0.3) is 0 Å². The number of methoxy groups -OCH3 is 1. The SMILES string of the molecule is COc1ccc(F)c(-c2ccc(C(F)(F)F)cc2)c1Br. The van der Waals surface area contributed by atoms with Crippen LogP contribution in [0.15, 0.2) is 40.9 Å². The minimum Gasteiger partial charge on any atom is -0.496 e. The van der Waals surface area contributed by atoms with Crippen molar-refractivity contribution >= 4 is 15.9 Å². The summed E-state index contributed by atoms with van der Waals surface area (Å²) >= 11 is 3.20. The monoisotopic (exact) mass is 348 g/mol. The lowest BCUT2D eigenvalue weighted by atomic mass is 10.0. The summed E-state index contributed by atoms with van der Waals surface area (Å²) in [4.78, 5) is 0. The predicted molar refractivity (Wildman–Crippen MR) is 71.1 cm³/mol. The van der Waals surface area contributed by atoms with Gasteiger partial charge in [-0.15, -0.1) is 0 Å². The maximum absolute atomic E-state index is 13.9. The van der Waals surface area contributed by atoms with Crippen molar-refractivity contribution in [3.63, 3.8) is 0 Å². The molecule has 2 aromatic rings. The van der Waals surface area contributed by atoms with E-state index in [9.17, 15) is 17.6 Å². The first-order valence-electron chi connectivity index (χ1n) is 5.54. The maximum atomic E-state index is 13.9. The van der Waals surface area contributed by atoms with E-state index in [0.717, 1.165) is 12.1 Å². The molecule has 2 rings (SSSR count). The van der Waals surface area contributed by atoms with Crippen molar-refractivity contribution in [2.75, 3.05) is 7.11 Å². The standard InChI is InChI=1S/C14H9BrF4O/c1-20-11-7-6-10(16)12(13(11)15)8-2-4-9(5-3-8)14(17,18)19/h2-7H,1H3. The molecule has 0 unspecified atom stereocenters. The lowest BCUT2D eigenvalue weighted by Crippen LogP contribution is -2.04. The lowest BCUT2D eigenvalue weighted by Gasteiger charge is -2.12. The highest BCUT2D eigenvalue weighted by molar-refractivity contribution is 9.10. The van der Waals surface area contributed by atoms with E-state index >= 15 is 0 Å². The Morgan fingerprint density at radius 1 is 1.00 bits per heavy atom. The van der Waals surface area contributed by atoms with Crippen LogP contribution in [-0.2, 0) is 6.18 Å². The molecular formula is C14H9BrF4O. The van der Waals surface area contributed by atoms with Crippen LogP contribution in [0.5, 0.6) is 5.75 Å². The summed E-state index contributed by atoms with van der Waals surface area (Å²) in [5.41, 5.74) is -0.278. The van der Waals surface area contributed by atoms with Crippen molar-refractivity contribution < 1.29 is 22.3 Å². The van der Waals surface area contributed by atoms with E-state index < -0.39 is 17.6 Å². The second-order valence-corrected chi connectivity index (χ2v) is 4.81. The molecule has 0 spiro atoms. The largest absolute Gasteiger partial charge is 0.496 e. The number of ether oxygens (including phenoxy) is 1. The molecule has 0 heterocycles. The van der Waals surface area contributed by atoms with E-state index in [1.165, 1.54) is 31.4 Å². The van der Waals surface area contributed by atoms with Crippen molar-refractivity contribution in [1.29, 1.82) is 0 Å². The van der Waals surface area contributed by atoms with E-state index in [2.05, 4.69) is 15.9 Å². The van der Waals surface area contributed by atoms with Crippen LogP contribution in [0.1, 0.15) is 5.56 Å². The minimum atomic E-state index is -4.41. The van der Waals surface area contributed by atoms with Crippen LogP contribution in [0.4, 0.5) is 17.6 Å². The van der Waals surface area contributed by atoms with Gasteiger partial charge in [0.1, 0.15) is 11.6 Å². The van der Waals surface area contributed by atoms with E-state index in [0.29, 0.717) is 15.8 Å². The zero-order chi connectivity index (χ0) is 14.9. The Bertz CT molecular complexity index is 620. The van der Waals surface area contributed by atoms with Gasteiger partial charge < -0.3 is 4.74 Å². The average molecular weight is 349 g/mol. The van der Waals surface area contributed by atoms with Gasteiger partial charge in [-0.05, 0) is 45.8 Å². The highest BCUT2D eigenvalue weighted by Crippen LogP contribution is 2.38. The average Bonchev–Trinajstić information content (AvgIpc) is 2.38. The Balaban J connectivity index is 2.52. The molecule has 0 aliphatic rings. The van der Waals surface area contributed by atoms with E-state index in [1.807, 2.05) is 0 Å². The van der Waals surface area contributed by atoms with Crippen molar-refractivity contribution in [3.8, 4) is 16.9 Å². The molecular weight excluding hydrogens is 340 g/mol. The van der Waals surface area contributed by atoms with Gasteiger partial charge in [-0.25, -0.2) is 4.39 Å². The Morgan fingerprint density at radius 2 is 1.60 bits per heavy atom. The van der Waals surface area contributed by atoms with Crippen LogP contribution in [0, 0.1) is 5.82 Å². The molecule has 0 saturated carbocycles. The summed E-state index contributed by atoms with van der Waals surface area (Å²) in [7, 11) is 1.43. The molecule has 0 radical (unpaired) electrons.